The van der Waals surface area contributed by atoms with Crippen molar-refractivity contribution in [2.45, 2.75) is 32.4 Å². The van der Waals surface area contributed by atoms with E-state index in [9.17, 15) is 9.59 Å². The van der Waals surface area contributed by atoms with Gasteiger partial charge in [0.05, 0.1) is 0 Å². The summed E-state index contributed by atoms with van der Waals surface area (Å²) in [6, 6.07) is 6.99. The van der Waals surface area contributed by atoms with Crippen molar-refractivity contribution >= 4 is 11.9 Å². The van der Waals surface area contributed by atoms with Crippen LogP contribution in [0, 0.1) is 0 Å². The van der Waals surface area contributed by atoms with E-state index >= 15 is 0 Å². The van der Waals surface area contributed by atoms with E-state index in [2.05, 4.69) is 12.2 Å². The average Bonchev–Trinajstić information content (AvgIpc) is 2.40. The zero-order valence-corrected chi connectivity index (χ0v) is 12.0. The van der Waals surface area contributed by atoms with Crippen LogP contribution in [0.25, 0.3) is 0 Å². The highest BCUT2D eigenvalue weighted by molar-refractivity contribution is 5.95. The molecule has 6 heteroatoms. The van der Waals surface area contributed by atoms with Crippen molar-refractivity contribution in [3.8, 4) is 5.75 Å². The Labute approximate surface area is 118 Å². The van der Waals surface area contributed by atoms with Gasteiger partial charge in [0.1, 0.15) is 5.75 Å². The summed E-state index contributed by atoms with van der Waals surface area (Å²) >= 11 is 0. The number of ether oxygens (including phenoxy) is 1. The fraction of sp³-hybridized carbons (Fsp3) is 0.429. The maximum absolute atomic E-state index is 11.5. The third-order valence-corrected chi connectivity index (χ3v) is 2.89. The van der Waals surface area contributed by atoms with Gasteiger partial charge in [-0.15, -0.1) is 0 Å². The molecular weight excluding hydrogens is 258 g/mol. The van der Waals surface area contributed by atoms with E-state index in [0.29, 0.717) is 11.8 Å². The lowest BCUT2D eigenvalue weighted by Gasteiger charge is -2.14. The molecule has 1 rings (SSSR count). The fourth-order valence-electron chi connectivity index (χ4n) is 1.64. The molecule has 0 saturated carbocycles. The summed E-state index contributed by atoms with van der Waals surface area (Å²) in [7, 11) is 1.92. The number of likely N-dealkylation sites (N-methyl/N-ethyl adjacent to an activating group) is 1. The number of carbonyl (C=O) groups excluding carboxylic acids is 2. The smallest absolute Gasteiger partial charge is 0.318 e. The van der Waals surface area contributed by atoms with E-state index in [1.165, 1.54) is 5.56 Å². The highest BCUT2D eigenvalue weighted by Crippen LogP contribution is 2.15. The number of nitrogens with two attached hydrogens (primary N) is 1. The molecule has 0 fully saturated rings. The van der Waals surface area contributed by atoms with Gasteiger partial charge in [-0.3, -0.25) is 10.1 Å². The van der Waals surface area contributed by atoms with Gasteiger partial charge in [-0.25, -0.2) is 4.79 Å². The van der Waals surface area contributed by atoms with Gasteiger partial charge in [-0.2, -0.15) is 0 Å². The first-order valence-electron chi connectivity index (χ1n) is 6.45. The number of primary amides is 1. The maximum atomic E-state index is 11.5. The predicted molar refractivity (Wildman–Crippen MR) is 76.5 cm³/mol. The number of carbonyl (C=O) groups is 2. The predicted octanol–water partition coefficient (Wildman–Crippen LogP) is 0.799. The van der Waals surface area contributed by atoms with Crippen LogP contribution in [-0.2, 0) is 11.2 Å². The lowest BCUT2D eigenvalue weighted by atomic mass is 10.1. The molecule has 0 aromatic heterocycles. The number of rotatable bonds is 6. The van der Waals surface area contributed by atoms with Crippen molar-refractivity contribution in [2.75, 3.05) is 7.05 Å². The number of nitrogens with one attached hydrogen (secondary N) is 2. The second-order valence-electron chi connectivity index (χ2n) is 4.65. The van der Waals surface area contributed by atoms with Crippen LogP contribution in [0.2, 0.25) is 0 Å². The van der Waals surface area contributed by atoms with Gasteiger partial charge in [0.15, 0.2) is 6.10 Å². The van der Waals surface area contributed by atoms with Crippen LogP contribution < -0.4 is 21.1 Å². The molecule has 2 atom stereocenters. The van der Waals surface area contributed by atoms with Crippen molar-refractivity contribution in [2.24, 2.45) is 5.73 Å². The summed E-state index contributed by atoms with van der Waals surface area (Å²) in [4.78, 5) is 22.0. The molecule has 0 bridgehead atoms. The third kappa shape index (κ3) is 5.27. The zero-order valence-electron chi connectivity index (χ0n) is 12.0. The van der Waals surface area contributed by atoms with E-state index in [1.54, 1.807) is 19.1 Å². The zero-order chi connectivity index (χ0) is 15.1. The molecule has 0 radical (unpaired) electrons. The van der Waals surface area contributed by atoms with Crippen molar-refractivity contribution in [3.05, 3.63) is 29.8 Å². The molecule has 3 amide bonds. The van der Waals surface area contributed by atoms with Gasteiger partial charge < -0.3 is 15.8 Å². The van der Waals surface area contributed by atoms with Gasteiger partial charge in [-0.05, 0) is 45.0 Å². The summed E-state index contributed by atoms with van der Waals surface area (Å²) in [5.41, 5.74) is 6.05. The maximum Gasteiger partial charge on any atom is 0.318 e. The van der Waals surface area contributed by atoms with Crippen LogP contribution in [-0.4, -0.2) is 31.1 Å². The lowest BCUT2D eigenvalue weighted by Crippen LogP contribution is -2.42. The molecule has 20 heavy (non-hydrogen) atoms. The van der Waals surface area contributed by atoms with Crippen LogP contribution in [0.4, 0.5) is 4.79 Å². The van der Waals surface area contributed by atoms with Crippen molar-refractivity contribution in [3.63, 3.8) is 0 Å². The summed E-state index contributed by atoms with van der Waals surface area (Å²) in [6.07, 6.45) is 0.124. The molecule has 0 aliphatic carbocycles. The van der Waals surface area contributed by atoms with Gasteiger partial charge >= 0.3 is 6.03 Å². The molecule has 0 spiro atoms. The molecule has 1 aromatic carbocycles. The summed E-state index contributed by atoms with van der Waals surface area (Å²) in [5, 5.41) is 5.14. The molecule has 0 saturated heterocycles. The first-order chi connectivity index (χ1) is 9.42. The Morgan fingerprint density at radius 2 is 1.85 bits per heavy atom. The topological polar surface area (TPSA) is 93.4 Å². The van der Waals surface area contributed by atoms with Crippen molar-refractivity contribution in [1.82, 2.24) is 10.6 Å². The minimum absolute atomic E-state index is 0.391. The molecule has 0 aliphatic rings. The summed E-state index contributed by atoms with van der Waals surface area (Å²) in [6.45, 7) is 3.65. The Kier molecular flexibility index (Phi) is 5.99. The minimum Gasteiger partial charge on any atom is -0.481 e. The van der Waals surface area contributed by atoms with Gasteiger partial charge in [-0.1, -0.05) is 12.1 Å². The summed E-state index contributed by atoms with van der Waals surface area (Å²) in [5.74, 6) is 0.00311. The quantitative estimate of drug-likeness (QED) is 0.718. The monoisotopic (exact) mass is 279 g/mol. The van der Waals surface area contributed by atoms with Crippen LogP contribution in [0.5, 0.6) is 5.75 Å². The molecular formula is C14H21N3O3. The fourth-order valence-corrected chi connectivity index (χ4v) is 1.64. The normalized spacial score (nSPS) is 13.3. The van der Waals surface area contributed by atoms with E-state index in [4.69, 9.17) is 10.5 Å². The number of benzene rings is 1. The number of hydrogen-bond acceptors (Lipinski definition) is 4. The van der Waals surface area contributed by atoms with Gasteiger partial charge in [0.25, 0.3) is 5.91 Å². The number of imide groups is 1. The highest BCUT2D eigenvalue weighted by atomic mass is 16.5. The van der Waals surface area contributed by atoms with E-state index < -0.39 is 18.0 Å². The molecule has 4 N–H and O–H groups in total. The van der Waals surface area contributed by atoms with Crippen LogP contribution in [0.1, 0.15) is 19.4 Å². The first-order valence-corrected chi connectivity index (χ1v) is 6.45. The SMILES string of the molecule is CNC(C)Cc1ccc(OC(C)C(=O)NC(N)=O)cc1. The van der Waals surface area contributed by atoms with E-state index in [1.807, 2.05) is 24.5 Å². The molecule has 110 valence electrons. The third-order valence-electron chi connectivity index (χ3n) is 2.89. The van der Waals surface area contributed by atoms with Crippen LogP contribution >= 0.6 is 0 Å². The Morgan fingerprint density at radius 1 is 1.25 bits per heavy atom. The van der Waals surface area contributed by atoms with E-state index in [0.717, 1.165) is 6.42 Å². The van der Waals surface area contributed by atoms with Crippen molar-refractivity contribution in [1.29, 1.82) is 0 Å². The molecule has 0 heterocycles. The second-order valence-corrected chi connectivity index (χ2v) is 4.65. The number of urea groups is 1. The minimum atomic E-state index is -0.887. The van der Waals surface area contributed by atoms with E-state index in [-0.39, 0.29) is 0 Å². The lowest BCUT2D eigenvalue weighted by molar-refractivity contribution is -0.126. The molecule has 6 nitrogen and oxygen atoms in total. The number of hydrogen-bond donors (Lipinski definition) is 3. The Bertz CT molecular complexity index is 459. The summed E-state index contributed by atoms with van der Waals surface area (Å²) < 4.78 is 5.43. The molecule has 2 unspecified atom stereocenters. The Hall–Kier alpha value is -2.08. The average molecular weight is 279 g/mol. The van der Waals surface area contributed by atoms with Gasteiger partial charge in [0, 0.05) is 6.04 Å². The Balaban J connectivity index is 2.56. The standard InChI is InChI=1S/C14H21N3O3/c1-9(16-3)8-11-4-6-12(7-5-11)20-10(2)13(18)17-14(15)19/h4-7,9-10,16H,8H2,1-3H3,(H3,15,17,18,19). The Morgan fingerprint density at radius 3 is 2.35 bits per heavy atom. The van der Waals surface area contributed by atoms with Crippen LogP contribution in [0.15, 0.2) is 24.3 Å². The van der Waals surface area contributed by atoms with Crippen LogP contribution in [0.3, 0.4) is 0 Å². The molecule has 1 aromatic rings. The van der Waals surface area contributed by atoms with Gasteiger partial charge in [0.2, 0.25) is 0 Å². The number of amides is 3. The largest absolute Gasteiger partial charge is 0.481 e. The highest BCUT2D eigenvalue weighted by Gasteiger charge is 2.15. The van der Waals surface area contributed by atoms with Crippen molar-refractivity contribution < 1.29 is 14.3 Å². The first kappa shape index (κ1) is 16.0. The molecule has 0 aliphatic heterocycles. The second kappa shape index (κ2) is 7.49.